The molecule has 7 heteroatoms. The number of anilines is 2. The first-order valence-electron chi connectivity index (χ1n) is 5.73. The maximum absolute atomic E-state index is 6.19. The molecule has 0 aliphatic rings. The van der Waals surface area contributed by atoms with E-state index < -0.39 is 0 Å². The van der Waals surface area contributed by atoms with Gasteiger partial charge in [-0.3, -0.25) is 4.68 Å². The van der Waals surface area contributed by atoms with E-state index in [-0.39, 0.29) is 0 Å². The Kier molecular flexibility index (Phi) is 4.17. The van der Waals surface area contributed by atoms with Gasteiger partial charge in [0, 0.05) is 39.4 Å². The van der Waals surface area contributed by atoms with Crippen molar-refractivity contribution in [3.8, 4) is 0 Å². The lowest BCUT2D eigenvalue weighted by atomic mass is 10.3. The molecular formula is C12H15Cl2N5. The fourth-order valence-corrected chi connectivity index (χ4v) is 2.40. The van der Waals surface area contributed by atoms with Crippen molar-refractivity contribution >= 4 is 34.8 Å². The molecule has 0 spiro atoms. The Morgan fingerprint density at radius 3 is 2.68 bits per heavy atom. The summed E-state index contributed by atoms with van der Waals surface area (Å²) in [4.78, 5) is 6.37. The summed E-state index contributed by atoms with van der Waals surface area (Å²) in [6, 6.07) is 1.69. The zero-order valence-electron chi connectivity index (χ0n) is 11.0. The molecule has 0 fully saturated rings. The molecule has 0 unspecified atom stereocenters. The number of hydrogen-bond acceptors (Lipinski definition) is 4. The maximum atomic E-state index is 6.19. The van der Waals surface area contributed by atoms with Crippen molar-refractivity contribution in [3.05, 3.63) is 34.1 Å². The Balaban J connectivity index is 2.25. The van der Waals surface area contributed by atoms with Crippen LogP contribution in [0.15, 0.2) is 18.5 Å². The molecule has 0 atom stereocenters. The van der Waals surface area contributed by atoms with E-state index in [0.717, 1.165) is 5.56 Å². The minimum absolute atomic E-state index is 0.506. The number of aromatic nitrogens is 3. The van der Waals surface area contributed by atoms with E-state index in [1.165, 1.54) is 0 Å². The molecule has 102 valence electrons. The van der Waals surface area contributed by atoms with Crippen molar-refractivity contribution < 1.29 is 0 Å². The Labute approximate surface area is 122 Å². The van der Waals surface area contributed by atoms with Crippen LogP contribution in [0.5, 0.6) is 0 Å². The molecule has 0 aromatic carbocycles. The molecule has 0 aliphatic heterocycles. The van der Waals surface area contributed by atoms with E-state index in [1.54, 1.807) is 17.8 Å². The van der Waals surface area contributed by atoms with E-state index in [9.17, 15) is 0 Å². The maximum Gasteiger partial charge on any atom is 0.149 e. The Hall–Kier alpha value is -1.46. The lowest BCUT2D eigenvalue weighted by molar-refractivity contribution is 0.766. The summed E-state index contributed by atoms with van der Waals surface area (Å²) in [6.07, 6.45) is 3.78. The fraction of sp³-hybridized carbons (Fsp3) is 0.333. The highest BCUT2D eigenvalue weighted by Crippen LogP contribution is 2.31. The molecule has 0 radical (unpaired) electrons. The van der Waals surface area contributed by atoms with Crippen LogP contribution in [0.1, 0.15) is 5.56 Å². The van der Waals surface area contributed by atoms with Crippen molar-refractivity contribution in [2.75, 3.05) is 24.3 Å². The smallest absolute Gasteiger partial charge is 0.149 e. The lowest BCUT2D eigenvalue weighted by Gasteiger charge is -2.19. The highest BCUT2D eigenvalue weighted by Gasteiger charge is 2.13. The van der Waals surface area contributed by atoms with Crippen LogP contribution in [-0.4, -0.2) is 28.9 Å². The van der Waals surface area contributed by atoms with Gasteiger partial charge in [0.1, 0.15) is 11.6 Å². The van der Waals surface area contributed by atoms with Crippen LogP contribution in [0.25, 0.3) is 0 Å². The topological polar surface area (TPSA) is 46.0 Å². The summed E-state index contributed by atoms with van der Waals surface area (Å²) < 4.78 is 1.76. The fourth-order valence-electron chi connectivity index (χ4n) is 1.80. The van der Waals surface area contributed by atoms with Crippen molar-refractivity contribution in [1.29, 1.82) is 0 Å². The number of hydrogen-bond donors (Lipinski definition) is 1. The third-order valence-corrected chi connectivity index (χ3v) is 3.25. The number of aryl methyl sites for hydroxylation is 1. The first-order chi connectivity index (χ1) is 9.01. The normalized spacial score (nSPS) is 10.6. The van der Waals surface area contributed by atoms with Crippen molar-refractivity contribution in [3.63, 3.8) is 0 Å². The molecule has 5 nitrogen and oxygen atoms in total. The van der Waals surface area contributed by atoms with Gasteiger partial charge < -0.3 is 10.2 Å². The molecular weight excluding hydrogens is 285 g/mol. The number of rotatable bonds is 4. The Bertz CT molecular complexity index is 581. The number of nitrogens with zero attached hydrogens (tertiary/aromatic N) is 4. The first kappa shape index (κ1) is 14.0. The third-order valence-electron chi connectivity index (χ3n) is 2.69. The highest BCUT2D eigenvalue weighted by atomic mass is 35.5. The number of pyridine rings is 1. The molecule has 2 rings (SSSR count). The average Bonchev–Trinajstić information content (AvgIpc) is 2.74. The van der Waals surface area contributed by atoms with Crippen LogP contribution in [0.2, 0.25) is 10.0 Å². The van der Waals surface area contributed by atoms with Gasteiger partial charge in [-0.15, -0.1) is 0 Å². The highest BCUT2D eigenvalue weighted by molar-refractivity contribution is 6.37. The van der Waals surface area contributed by atoms with Gasteiger partial charge in [-0.25, -0.2) is 4.98 Å². The first-order valence-corrected chi connectivity index (χ1v) is 6.49. The summed E-state index contributed by atoms with van der Waals surface area (Å²) in [5.41, 5.74) is 1.09. The largest absolute Gasteiger partial charge is 0.372 e. The van der Waals surface area contributed by atoms with Crippen LogP contribution in [0.4, 0.5) is 11.6 Å². The molecule has 0 aliphatic carbocycles. The molecule has 2 aromatic heterocycles. The second kappa shape index (κ2) is 5.67. The summed E-state index contributed by atoms with van der Waals surface area (Å²) >= 11 is 12.2. The summed E-state index contributed by atoms with van der Waals surface area (Å²) in [7, 11) is 5.58. The molecule has 0 bridgehead atoms. The van der Waals surface area contributed by atoms with Crippen molar-refractivity contribution in [1.82, 2.24) is 14.8 Å². The zero-order valence-corrected chi connectivity index (χ0v) is 12.5. The van der Waals surface area contributed by atoms with E-state index in [4.69, 9.17) is 23.2 Å². The molecule has 2 heterocycles. The average molecular weight is 300 g/mol. The van der Waals surface area contributed by atoms with Gasteiger partial charge in [0.05, 0.1) is 16.2 Å². The Morgan fingerprint density at radius 1 is 1.37 bits per heavy atom. The zero-order chi connectivity index (χ0) is 14.0. The number of halogens is 2. The molecule has 19 heavy (non-hydrogen) atoms. The summed E-state index contributed by atoms with van der Waals surface area (Å²) in [5.74, 6) is 1.29. The van der Waals surface area contributed by atoms with Gasteiger partial charge >= 0.3 is 0 Å². The van der Waals surface area contributed by atoms with Crippen molar-refractivity contribution in [2.24, 2.45) is 7.05 Å². The van der Waals surface area contributed by atoms with Gasteiger partial charge in [0.25, 0.3) is 0 Å². The lowest BCUT2D eigenvalue weighted by Crippen LogP contribution is -2.18. The van der Waals surface area contributed by atoms with Gasteiger partial charge in [-0.05, 0) is 6.07 Å². The van der Waals surface area contributed by atoms with Crippen LogP contribution < -0.4 is 10.2 Å². The molecule has 0 saturated carbocycles. The van der Waals surface area contributed by atoms with Crippen LogP contribution in [0.3, 0.4) is 0 Å². The second-order valence-corrected chi connectivity index (χ2v) is 5.07. The molecule has 1 N–H and O–H groups in total. The predicted molar refractivity (Wildman–Crippen MR) is 79.1 cm³/mol. The summed E-state index contributed by atoms with van der Waals surface area (Å²) in [5, 5.41) is 8.11. The molecule has 2 aromatic rings. The van der Waals surface area contributed by atoms with Crippen LogP contribution in [0, 0.1) is 0 Å². The van der Waals surface area contributed by atoms with E-state index in [0.29, 0.717) is 28.2 Å². The minimum Gasteiger partial charge on any atom is -0.372 e. The van der Waals surface area contributed by atoms with E-state index in [1.807, 2.05) is 31.4 Å². The minimum atomic E-state index is 0.506. The monoisotopic (exact) mass is 299 g/mol. The van der Waals surface area contributed by atoms with Gasteiger partial charge in [0.2, 0.25) is 0 Å². The van der Waals surface area contributed by atoms with Crippen LogP contribution >= 0.6 is 23.2 Å². The standard InChI is InChI=1S/C12H15Cl2N5/c1-15-11-9(13)4-10(14)12(17-11)18(2)6-8-5-16-19(3)7-8/h4-5,7H,6H2,1-3H3,(H,15,17). The third kappa shape index (κ3) is 3.11. The van der Waals surface area contributed by atoms with Crippen molar-refractivity contribution in [2.45, 2.75) is 6.54 Å². The molecule has 0 saturated heterocycles. The SMILES string of the molecule is CNc1nc(N(C)Cc2cnn(C)c2)c(Cl)cc1Cl. The second-order valence-electron chi connectivity index (χ2n) is 4.25. The summed E-state index contributed by atoms with van der Waals surface area (Å²) in [6.45, 7) is 0.672. The molecule has 0 amide bonds. The Morgan fingerprint density at radius 2 is 2.11 bits per heavy atom. The quantitative estimate of drug-likeness (QED) is 0.943. The van der Waals surface area contributed by atoms with E-state index >= 15 is 0 Å². The number of nitrogens with one attached hydrogen (secondary N) is 1. The van der Waals surface area contributed by atoms with Gasteiger partial charge in [0.15, 0.2) is 0 Å². The van der Waals surface area contributed by atoms with E-state index in [2.05, 4.69) is 15.4 Å². The van der Waals surface area contributed by atoms with Crippen LogP contribution in [-0.2, 0) is 13.6 Å². The predicted octanol–water partition coefficient (Wildman–Crippen LogP) is 2.80. The van der Waals surface area contributed by atoms with Gasteiger partial charge in [-0.2, -0.15) is 5.10 Å². The van der Waals surface area contributed by atoms with Gasteiger partial charge in [-0.1, -0.05) is 23.2 Å².